The second-order valence-electron chi connectivity index (χ2n) is 1.41. The van der Waals surface area contributed by atoms with E-state index in [2.05, 4.69) is 6.58 Å². The maximum atomic E-state index is 11.0. The van der Waals surface area contributed by atoms with Crippen molar-refractivity contribution in [2.24, 2.45) is 0 Å². The van der Waals surface area contributed by atoms with Gasteiger partial charge in [-0.15, -0.1) is 0 Å². The van der Waals surface area contributed by atoms with Gasteiger partial charge in [0, 0.05) is 0 Å². The van der Waals surface area contributed by atoms with Crippen molar-refractivity contribution in [3.05, 3.63) is 24.6 Å². The Bertz CT molecular complexity index is 192. The van der Waals surface area contributed by atoms with Crippen molar-refractivity contribution in [1.29, 1.82) is 0 Å². The van der Waals surface area contributed by atoms with Crippen molar-refractivity contribution in [3.63, 3.8) is 0 Å². The van der Waals surface area contributed by atoms with Crippen molar-refractivity contribution in [1.82, 2.24) is 0 Å². The number of hydrogen-bond acceptors (Lipinski definition) is 0. The molecule has 0 aromatic heterocycles. The van der Waals surface area contributed by atoms with Gasteiger partial charge in [-0.1, -0.05) is 7.43 Å². The Balaban J connectivity index is -0.000000209. The molecule has 0 aliphatic rings. The third kappa shape index (κ3) is 13.5. The van der Waals surface area contributed by atoms with Crippen LogP contribution in [-0.4, -0.2) is 6.18 Å². The van der Waals surface area contributed by atoms with Crippen molar-refractivity contribution in [3.8, 4) is 0 Å². The molecule has 0 saturated carbocycles. The highest BCUT2D eigenvalue weighted by atomic mass is 19.4. The van der Waals surface area contributed by atoms with E-state index < -0.39 is 24.2 Å². The summed E-state index contributed by atoms with van der Waals surface area (Å²) in [5, 5.41) is 0. The standard InChI is InChI=1S/C3F6.C2H2F2.CH4/c4-1(2(5)6)3(7,8)9;1-2(3)4;/h;1H2;1H4. The molecular formula is C6H6F8. The normalized spacial score (nSPS) is 9.14. The van der Waals surface area contributed by atoms with Gasteiger partial charge in [0.25, 0.3) is 11.9 Å². The minimum absolute atomic E-state index is 0. The van der Waals surface area contributed by atoms with Gasteiger partial charge in [-0.3, -0.25) is 0 Å². The maximum Gasteiger partial charge on any atom is 0.448 e. The van der Waals surface area contributed by atoms with E-state index in [1.807, 2.05) is 0 Å². The predicted octanol–water partition coefficient (Wildman–Crippen LogP) is 4.66. The van der Waals surface area contributed by atoms with Gasteiger partial charge in [-0.25, -0.2) is 0 Å². The van der Waals surface area contributed by atoms with Crippen molar-refractivity contribution >= 4 is 0 Å². The summed E-state index contributed by atoms with van der Waals surface area (Å²) >= 11 is 0. The first kappa shape index (κ1) is 18.7. The van der Waals surface area contributed by atoms with Gasteiger partial charge < -0.3 is 0 Å². The average Bonchev–Trinajstić information content (AvgIpc) is 1.82. The Morgan fingerprint density at radius 3 is 1.07 bits per heavy atom. The third-order valence-electron chi connectivity index (χ3n) is 0.415. The summed E-state index contributed by atoms with van der Waals surface area (Å²) in [6.45, 7) is 2.22. The predicted molar refractivity (Wildman–Crippen MR) is 34.5 cm³/mol. The van der Waals surface area contributed by atoms with Crippen LogP contribution in [0.2, 0.25) is 0 Å². The first-order chi connectivity index (χ1) is 5.59. The van der Waals surface area contributed by atoms with Gasteiger partial charge >= 0.3 is 12.3 Å². The van der Waals surface area contributed by atoms with Crippen LogP contribution >= 0.6 is 0 Å². The topological polar surface area (TPSA) is 0 Å². The highest BCUT2D eigenvalue weighted by molar-refractivity contribution is 4.98. The molecular weight excluding hydrogens is 224 g/mol. The molecule has 0 unspecified atom stereocenters. The molecule has 0 atom stereocenters. The number of halogens is 8. The summed E-state index contributed by atoms with van der Waals surface area (Å²) < 4.78 is 85.1. The molecule has 0 radical (unpaired) electrons. The second kappa shape index (κ2) is 7.34. The molecule has 0 fully saturated rings. The molecule has 0 nitrogen and oxygen atoms in total. The quantitative estimate of drug-likeness (QED) is 0.531. The number of allylic oxidation sites excluding steroid dienone is 1. The first-order valence-electron chi connectivity index (χ1n) is 2.37. The van der Waals surface area contributed by atoms with Crippen LogP contribution in [0.5, 0.6) is 0 Å². The van der Waals surface area contributed by atoms with E-state index in [-0.39, 0.29) is 7.43 Å². The third-order valence-corrected chi connectivity index (χ3v) is 0.415. The molecule has 14 heavy (non-hydrogen) atoms. The Labute approximate surface area is 74.5 Å². The second-order valence-corrected chi connectivity index (χ2v) is 1.41. The van der Waals surface area contributed by atoms with Gasteiger partial charge in [0.15, 0.2) is 0 Å². The largest absolute Gasteiger partial charge is 0.448 e. The molecule has 0 rings (SSSR count). The van der Waals surface area contributed by atoms with E-state index >= 15 is 0 Å². The maximum absolute atomic E-state index is 11.0. The lowest BCUT2D eigenvalue weighted by atomic mass is 10.6. The van der Waals surface area contributed by atoms with Gasteiger partial charge in [-0.2, -0.15) is 35.1 Å². The molecule has 0 aromatic carbocycles. The van der Waals surface area contributed by atoms with Gasteiger partial charge in [0.2, 0.25) is 0 Å². The van der Waals surface area contributed by atoms with Crippen molar-refractivity contribution in [2.75, 3.05) is 0 Å². The SMILES string of the molecule is C.C=C(F)F.FC(F)=C(F)C(F)(F)F. The zero-order chi connectivity index (χ0) is 11.2. The summed E-state index contributed by atoms with van der Waals surface area (Å²) in [5.74, 6) is -3.33. The van der Waals surface area contributed by atoms with E-state index in [1.165, 1.54) is 0 Å². The van der Waals surface area contributed by atoms with E-state index in [0.29, 0.717) is 0 Å². The van der Waals surface area contributed by atoms with Crippen LogP contribution in [0.3, 0.4) is 0 Å². The Morgan fingerprint density at radius 1 is 0.857 bits per heavy atom. The summed E-state index contributed by atoms with van der Waals surface area (Å²) in [5.41, 5.74) is 0. The summed E-state index contributed by atoms with van der Waals surface area (Å²) in [4.78, 5) is 0. The average molecular weight is 230 g/mol. The zero-order valence-corrected chi connectivity index (χ0v) is 5.73. The number of rotatable bonds is 0. The smallest absolute Gasteiger partial charge is 0.196 e. The summed E-state index contributed by atoms with van der Waals surface area (Å²) in [7, 11) is 0. The van der Waals surface area contributed by atoms with Crippen molar-refractivity contribution < 1.29 is 35.1 Å². The fourth-order valence-electron chi connectivity index (χ4n) is 0.107. The van der Waals surface area contributed by atoms with Gasteiger partial charge in [0.05, 0.1) is 0 Å². The molecule has 0 N–H and O–H groups in total. The number of alkyl halides is 3. The first-order valence-corrected chi connectivity index (χ1v) is 2.37. The zero-order valence-electron chi connectivity index (χ0n) is 5.73. The van der Waals surface area contributed by atoms with Gasteiger partial charge in [-0.05, 0) is 6.58 Å². The summed E-state index contributed by atoms with van der Waals surface area (Å²) in [6, 6.07) is 0. The lowest BCUT2D eigenvalue weighted by molar-refractivity contribution is -0.113. The van der Waals surface area contributed by atoms with Crippen LogP contribution in [0.25, 0.3) is 0 Å². The molecule has 0 heterocycles. The Morgan fingerprint density at radius 2 is 1.07 bits per heavy atom. The fraction of sp³-hybridized carbons (Fsp3) is 0.333. The molecule has 0 amide bonds. The monoisotopic (exact) mass is 230 g/mol. The molecule has 8 heteroatoms. The molecule has 0 aliphatic carbocycles. The minimum atomic E-state index is -5.56. The van der Waals surface area contributed by atoms with Crippen LogP contribution in [0.15, 0.2) is 24.6 Å². The Kier molecular flexibility index (Phi) is 9.77. The molecule has 0 saturated heterocycles. The van der Waals surface area contributed by atoms with Crippen LogP contribution in [0.4, 0.5) is 35.1 Å². The van der Waals surface area contributed by atoms with Crippen LogP contribution in [-0.2, 0) is 0 Å². The van der Waals surface area contributed by atoms with E-state index in [1.54, 1.807) is 0 Å². The lowest BCUT2D eigenvalue weighted by Crippen LogP contribution is -2.08. The van der Waals surface area contributed by atoms with Crippen LogP contribution < -0.4 is 0 Å². The molecule has 0 spiro atoms. The minimum Gasteiger partial charge on any atom is -0.196 e. The van der Waals surface area contributed by atoms with E-state index in [0.717, 1.165) is 0 Å². The van der Waals surface area contributed by atoms with E-state index in [4.69, 9.17) is 0 Å². The van der Waals surface area contributed by atoms with Crippen LogP contribution in [0.1, 0.15) is 7.43 Å². The van der Waals surface area contributed by atoms with Crippen molar-refractivity contribution in [2.45, 2.75) is 13.6 Å². The van der Waals surface area contributed by atoms with Gasteiger partial charge in [0.1, 0.15) is 0 Å². The lowest BCUT2D eigenvalue weighted by Gasteiger charge is -1.98. The van der Waals surface area contributed by atoms with E-state index in [9.17, 15) is 35.1 Å². The molecule has 0 aromatic rings. The summed E-state index contributed by atoms with van der Waals surface area (Å²) in [6.07, 6.45) is -10.7. The Hall–Kier alpha value is -1.08. The molecule has 0 aliphatic heterocycles. The highest BCUT2D eigenvalue weighted by Gasteiger charge is 2.38. The fourth-order valence-corrected chi connectivity index (χ4v) is 0.107. The molecule has 86 valence electrons. The number of hydrogen-bond donors (Lipinski definition) is 0. The highest BCUT2D eigenvalue weighted by Crippen LogP contribution is 2.29. The van der Waals surface area contributed by atoms with Crippen LogP contribution in [0, 0.1) is 0 Å². The molecule has 0 bridgehead atoms.